The molecule has 0 aliphatic rings. The first-order valence-electron chi connectivity index (χ1n) is 13.2. The van der Waals surface area contributed by atoms with Gasteiger partial charge in [0.2, 0.25) is 5.91 Å². The molecule has 2 aromatic rings. The molecule has 0 spiro atoms. The number of ether oxygens (including phenoxy) is 1. The Morgan fingerprint density at radius 3 is 2.26 bits per heavy atom. The van der Waals surface area contributed by atoms with Gasteiger partial charge in [-0.15, -0.1) is 6.58 Å². The lowest BCUT2D eigenvalue weighted by molar-refractivity contribution is -0.141. The van der Waals surface area contributed by atoms with Gasteiger partial charge in [-0.3, -0.25) is 9.59 Å². The maximum Gasteiger partial charge on any atom is 0.408 e. The summed E-state index contributed by atoms with van der Waals surface area (Å²) >= 11 is 6.43. The Morgan fingerprint density at radius 2 is 1.69 bits per heavy atom. The number of carbonyl (C=O) groups excluding carboxylic acids is 3. The molecule has 2 aromatic carbocycles. The molecule has 7 nitrogen and oxygen atoms in total. The molecule has 0 saturated carbocycles. The Morgan fingerprint density at radius 1 is 1.08 bits per heavy atom. The summed E-state index contributed by atoms with van der Waals surface area (Å²) in [7, 11) is 0. The van der Waals surface area contributed by atoms with E-state index >= 15 is 0 Å². The number of aryl methyl sites for hydroxylation is 2. The van der Waals surface area contributed by atoms with Crippen LogP contribution < -0.4 is 10.6 Å². The quantitative estimate of drug-likeness (QED) is 0.312. The van der Waals surface area contributed by atoms with Crippen molar-refractivity contribution in [2.24, 2.45) is 5.92 Å². The topological polar surface area (TPSA) is 87.7 Å². The van der Waals surface area contributed by atoms with Crippen molar-refractivity contribution in [3.8, 4) is 0 Å². The van der Waals surface area contributed by atoms with Crippen LogP contribution >= 0.6 is 11.6 Å². The van der Waals surface area contributed by atoms with Crippen molar-refractivity contribution in [3.05, 3.63) is 76.3 Å². The van der Waals surface area contributed by atoms with Crippen LogP contribution in [0.5, 0.6) is 0 Å². The predicted molar refractivity (Wildman–Crippen MR) is 158 cm³/mol. The molecule has 0 bridgehead atoms. The monoisotopic (exact) mass is 555 g/mol. The van der Waals surface area contributed by atoms with Crippen LogP contribution in [-0.4, -0.2) is 41.0 Å². The van der Waals surface area contributed by atoms with Gasteiger partial charge < -0.3 is 20.3 Å². The van der Waals surface area contributed by atoms with Crippen LogP contribution in [0, 0.1) is 26.7 Å². The number of halogens is 1. The van der Waals surface area contributed by atoms with Gasteiger partial charge in [-0.05, 0) is 75.8 Å². The normalized spacial score (nSPS) is 13.6. The molecule has 0 radical (unpaired) electrons. The number of carbonyl (C=O) groups is 3. The van der Waals surface area contributed by atoms with E-state index in [2.05, 4.69) is 17.2 Å². The van der Waals surface area contributed by atoms with Gasteiger partial charge in [0.1, 0.15) is 17.7 Å². The fourth-order valence-electron chi connectivity index (χ4n) is 4.26. The number of benzene rings is 2. The first-order chi connectivity index (χ1) is 18.2. The number of rotatable bonds is 10. The molecule has 2 N–H and O–H groups in total. The number of amides is 3. The number of nitrogens with one attached hydrogen (secondary N) is 2. The van der Waals surface area contributed by atoms with Crippen LogP contribution in [0.15, 0.2) is 49.1 Å². The lowest BCUT2D eigenvalue weighted by atomic mass is 9.93. The van der Waals surface area contributed by atoms with Crippen LogP contribution in [0.4, 0.5) is 10.5 Å². The molecule has 212 valence electrons. The van der Waals surface area contributed by atoms with Gasteiger partial charge in [-0.2, -0.15) is 0 Å². The third-order valence-electron chi connectivity index (χ3n) is 6.73. The molecule has 0 aliphatic heterocycles. The van der Waals surface area contributed by atoms with Crippen LogP contribution in [0.1, 0.15) is 69.3 Å². The van der Waals surface area contributed by atoms with E-state index in [1.807, 2.05) is 65.0 Å². The third kappa shape index (κ3) is 8.33. The van der Waals surface area contributed by atoms with Gasteiger partial charge in [-0.25, -0.2) is 4.79 Å². The number of nitrogens with zero attached hydrogens (tertiary/aromatic N) is 1. The molecule has 2 rings (SSSR count). The van der Waals surface area contributed by atoms with Crippen molar-refractivity contribution in [1.29, 1.82) is 0 Å². The Hall–Kier alpha value is -3.32. The van der Waals surface area contributed by atoms with Gasteiger partial charge in [-0.1, -0.05) is 68.3 Å². The summed E-state index contributed by atoms with van der Waals surface area (Å²) in [5, 5.41) is 6.12. The second kappa shape index (κ2) is 13.7. The third-order valence-corrected chi connectivity index (χ3v) is 7.05. The molecular formula is C31H42ClN3O4. The Balaban J connectivity index is 2.63. The second-order valence-corrected chi connectivity index (χ2v) is 11.3. The minimum Gasteiger partial charge on any atom is -0.444 e. The lowest BCUT2D eigenvalue weighted by Gasteiger charge is -2.36. The van der Waals surface area contributed by atoms with Gasteiger partial charge in [0.05, 0.1) is 10.7 Å². The molecule has 39 heavy (non-hydrogen) atoms. The molecule has 0 heterocycles. The summed E-state index contributed by atoms with van der Waals surface area (Å²) in [6, 6.07) is 9.08. The van der Waals surface area contributed by atoms with E-state index in [9.17, 15) is 14.4 Å². The predicted octanol–water partition coefficient (Wildman–Crippen LogP) is 6.90. The standard InChI is InChI=1S/C31H42ClN3O4/c1-10-18-35(29(37)26(19(3)11-2)34-30(38)39-31(7,8)9)27(23-16-12-14-20(4)22(23)6)28(36)33-25-21(5)15-13-17-24(25)32/h10,12-17,19,26-27H,1,11,18H2,2-9H3,(H,33,36)(H,34,38). The number of alkyl carbamates (subject to hydrolysis) is 1. The highest BCUT2D eigenvalue weighted by atomic mass is 35.5. The molecule has 0 saturated heterocycles. The summed E-state index contributed by atoms with van der Waals surface area (Å²) in [6.07, 6.45) is 1.50. The Labute approximate surface area is 237 Å². The van der Waals surface area contributed by atoms with Crippen LogP contribution in [-0.2, 0) is 14.3 Å². The first kappa shape index (κ1) is 31.9. The zero-order chi connectivity index (χ0) is 29.5. The number of anilines is 1. The Bertz CT molecular complexity index is 1180. The van der Waals surface area contributed by atoms with Gasteiger partial charge in [0, 0.05) is 6.54 Å². The first-order valence-corrected chi connectivity index (χ1v) is 13.6. The van der Waals surface area contributed by atoms with Crippen molar-refractivity contribution in [2.45, 2.75) is 79.5 Å². The van der Waals surface area contributed by atoms with Crippen molar-refractivity contribution in [2.75, 3.05) is 11.9 Å². The molecule has 0 aliphatic carbocycles. The number of para-hydroxylation sites is 1. The summed E-state index contributed by atoms with van der Waals surface area (Å²) in [5.74, 6) is -1.06. The molecular weight excluding hydrogens is 514 g/mol. The minimum absolute atomic E-state index is 0.0781. The number of hydrogen-bond donors (Lipinski definition) is 2. The summed E-state index contributed by atoms with van der Waals surface area (Å²) < 4.78 is 5.45. The van der Waals surface area contributed by atoms with E-state index in [0.717, 1.165) is 16.7 Å². The van der Waals surface area contributed by atoms with Gasteiger partial charge in [0.15, 0.2) is 0 Å². The SMILES string of the molecule is C=CCN(C(=O)C(NC(=O)OC(C)(C)C)C(C)CC)C(C(=O)Nc1c(C)cccc1Cl)c1cccc(C)c1C. The highest BCUT2D eigenvalue weighted by molar-refractivity contribution is 6.34. The molecule has 0 aromatic heterocycles. The van der Waals surface area contributed by atoms with E-state index in [1.165, 1.54) is 4.90 Å². The zero-order valence-corrected chi connectivity index (χ0v) is 25.1. The highest BCUT2D eigenvalue weighted by Crippen LogP contribution is 2.32. The second-order valence-electron chi connectivity index (χ2n) is 10.9. The highest BCUT2D eigenvalue weighted by Gasteiger charge is 2.38. The molecule has 3 atom stereocenters. The number of hydrogen-bond acceptors (Lipinski definition) is 4. The summed E-state index contributed by atoms with van der Waals surface area (Å²) in [5.41, 5.74) is 3.08. The molecule has 3 unspecified atom stereocenters. The van der Waals surface area contributed by atoms with Crippen molar-refractivity contribution >= 4 is 35.2 Å². The average Bonchev–Trinajstić information content (AvgIpc) is 2.85. The maximum atomic E-state index is 14.2. The fourth-order valence-corrected chi connectivity index (χ4v) is 4.53. The maximum absolute atomic E-state index is 14.2. The summed E-state index contributed by atoms with van der Waals surface area (Å²) in [6.45, 7) is 18.8. The van der Waals surface area contributed by atoms with Crippen molar-refractivity contribution < 1.29 is 19.1 Å². The van der Waals surface area contributed by atoms with Gasteiger partial charge >= 0.3 is 6.09 Å². The zero-order valence-electron chi connectivity index (χ0n) is 24.4. The minimum atomic E-state index is -1.02. The van der Waals surface area contributed by atoms with E-state index < -0.39 is 35.6 Å². The van der Waals surface area contributed by atoms with Gasteiger partial charge in [0.25, 0.3) is 5.91 Å². The van der Waals surface area contributed by atoms with Crippen LogP contribution in [0.3, 0.4) is 0 Å². The Kier molecular flexibility index (Phi) is 11.2. The molecule has 8 heteroatoms. The van der Waals surface area contributed by atoms with E-state index in [0.29, 0.717) is 22.7 Å². The smallest absolute Gasteiger partial charge is 0.408 e. The van der Waals surface area contributed by atoms with Crippen molar-refractivity contribution in [1.82, 2.24) is 10.2 Å². The largest absolute Gasteiger partial charge is 0.444 e. The van der Waals surface area contributed by atoms with Crippen molar-refractivity contribution in [3.63, 3.8) is 0 Å². The lowest BCUT2D eigenvalue weighted by Crippen LogP contribution is -2.54. The average molecular weight is 556 g/mol. The van der Waals surface area contributed by atoms with E-state index in [1.54, 1.807) is 32.9 Å². The fraction of sp³-hybridized carbons (Fsp3) is 0.452. The summed E-state index contributed by atoms with van der Waals surface area (Å²) in [4.78, 5) is 42.5. The van der Waals surface area contributed by atoms with Crippen LogP contribution in [0.25, 0.3) is 0 Å². The van der Waals surface area contributed by atoms with E-state index in [4.69, 9.17) is 16.3 Å². The van der Waals surface area contributed by atoms with Crippen LogP contribution in [0.2, 0.25) is 5.02 Å². The molecule has 0 fully saturated rings. The van der Waals surface area contributed by atoms with E-state index in [-0.39, 0.29) is 12.5 Å². The molecule has 3 amide bonds.